The second kappa shape index (κ2) is 8.48. The van der Waals surface area contributed by atoms with Crippen molar-refractivity contribution >= 4 is 51.7 Å². The molecule has 2 aliphatic carbocycles. The number of hydrogen-bond donors (Lipinski definition) is 2. The van der Waals surface area contributed by atoms with Crippen molar-refractivity contribution in [2.45, 2.75) is 25.7 Å². The average molecular weight is 559 g/mol. The van der Waals surface area contributed by atoms with E-state index in [1.54, 1.807) is 25.1 Å². The van der Waals surface area contributed by atoms with Gasteiger partial charge < -0.3 is 5.11 Å². The van der Waals surface area contributed by atoms with Gasteiger partial charge in [0.05, 0.1) is 33.9 Å². The molecule has 40 heavy (non-hydrogen) atoms. The van der Waals surface area contributed by atoms with Crippen LogP contribution in [0, 0.1) is 34.9 Å². The maximum atomic E-state index is 14.4. The van der Waals surface area contributed by atoms with E-state index in [1.165, 1.54) is 12.1 Å². The predicted octanol–water partition coefficient (Wildman–Crippen LogP) is 4.86. The van der Waals surface area contributed by atoms with Crippen molar-refractivity contribution in [2.24, 2.45) is 29.1 Å². The summed E-state index contributed by atoms with van der Waals surface area (Å²) in [6.07, 6.45) is 2.53. The number of aromatic hydroxyl groups is 1. The fourth-order valence-corrected chi connectivity index (χ4v) is 7.87. The Morgan fingerprint density at radius 1 is 1.00 bits per heavy atom. The minimum absolute atomic E-state index is 0.0864. The Balaban J connectivity index is 1.47. The summed E-state index contributed by atoms with van der Waals surface area (Å²) >= 11 is 6.04. The number of allylic oxidation sites excluding steroid dienone is 2. The van der Waals surface area contributed by atoms with Crippen LogP contribution in [0.4, 0.5) is 10.1 Å². The van der Waals surface area contributed by atoms with Crippen molar-refractivity contribution in [3.05, 3.63) is 82.6 Å². The van der Waals surface area contributed by atoms with Crippen LogP contribution in [0.1, 0.15) is 31.2 Å². The largest absolute Gasteiger partial charge is 0.507 e. The zero-order chi connectivity index (χ0) is 28.1. The summed E-state index contributed by atoms with van der Waals surface area (Å²) in [5, 5.41) is 14.2. The predicted molar refractivity (Wildman–Crippen MR) is 145 cm³/mol. The smallest absolute Gasteiger partial charge is 0.241 e. The van der Waals surface area contributed by atoms with Crippen molar-refractivity contribution in [2.75, 3.05) is 4.90 Å². The Labute approximate surface area is 233 Å². The van der Waals surface area contributed by atoms with Crippen LogP contribution in [0.25, 0.3) is 10.8 Å². The number of fused-ring (bicyclic) bond motifs is 5. The van der Waals surface area contributed by atoms with Crippen LogP contribution in [0.3, 0.4) is 0 Å². The zero-order valence-corrected chi connectivity index (χ0v) is 22.1. The molecule has 1 saturated carbocycles. The van der Waals surface area contributed by atoms with Gasteiger partial charge in [0.2, 0.25) is 23.6 Å². The van der Waals surface area contributed by atoms with E-state index in [2.05, 4.69) is 5.32 Å². The number of halogens is 2. The van der Waals surface area contributed by atoms with Crippen molar-refractivity contribution in [3.8, 4) is 5.75 Å². The van der Waals surface area contributed by atoms with Gasteiger partial charge in [0.1, 0.15) is 11.6 Å². The van der Waals surface area contributed by atoms with Crippen LogP contribution in [-0.2, 0) is 19.2 Å². The van der Waals surface area contributed by atoms with E-state index >= 15 is 0 Å². The lowest BCUT2D eigenvalue weighted by Crippen LogP contribution is -2.48. The molecule has 2 heterocycles. The highest BCUT2D eigenvalue weighted by Gasteiger charge is 2.67. The minimum Gasteiger partial charge on any atom is -0.507 e. The molecule has 2 saturated heterocycles. The number of anilines is 1. The third-order valence-corrected chi connectivity index (χ3v) is 9.81. The molecule has 0 aromatic heterocycles. The van der Waals surface area contributed by atoms with Crippen molar-refractivity contribution in [1.82, 2.24) is 5.32 Å². The first kappa shape index (κ1) is 25.0. The summed E-state index contributed by atoms with van der Waals surface area (Å²) in [6.45, 7) is 1.78. The van der Waals surface area contributed by atoms with Gasteiger partial charge in [-0.2, -0.15) is 0 Å². The summed E-state index contributed by atoms with van der Waals surface area (Å²) in [5.74, 6) is -5.19. The normalized spacial score (nSPS) is 31.1. The number of amides is 4. The summed E-state index contributed by atoms with van der Waals surface area (Å²) in [4.78, 5) is 55.3. The highest BCUT2D eigenvalue weighted by atomic mass is 35.5. The first-order valence-corrected chi connectivity index (χ1v) is 13.6. The summed E-state index contributed by atoms with van der Waals surface area (Å²) in [6, 6.07) is 14.4. The van der Waals surface area contributed by atoms with Gasteiger partial charge >= 0.3 is 0 Å². The molecule has 6 atom stereocenters. The van der Waals surface area contributed by atoms with Gasteiger partial charge in [-0.1, -0.05) is 53.6 Å². The number of carbonyl (C=O) groups is 4. The van der Waals surface area contributed by atoms with Gasteiger partial charge in [0.15, 0.2) is 0 Å². The van der Waals surface area contributed by atoms with E-state index in [0.717, 1.165) is 27.5 Å². The number of nitrogens with one attached hydrogen (secondary N) is 1. The molecule has 0 radical (unpaired) electrons. The van der Waals surface area contributed by atoms with Crippen LogP contribution in [0.15, 0.2) is 66.2 Å². The molecule has 2 aliphatic heterocycles. The van der Waals surface area contributed by atoms with Crippen LogP contribution >= 0.6 is 11.6 Å². The first-order valence-electron chi connectivity index (χ1n) is 13.2. The molecule has 0 bridgehead atoms. The number of phenols is 1. The Kier molecular flexibility index (Phi) is 5.29. The monoisotopic (exact) mass is 558 g/mol. The van der Waals surface area contributed by atoms with Crippen LogP contribution < -0.4 is 10.2 Å². The Morgan fingerprint density at radius 2 is 1.75 bits per heavy atom. The fourth-order valence-electron chi connectivity index (χ4n) is 7.70. The molecule has 3 aromatic carbocycles. The zero-order valence-electron chi connectivity index (χ0n) is 21.4. The average Bonchev–Trinajstić information content (AvgIpc) is 3.33. The third-order valence-electron chi connectivity index (χ3n) is 9.52. The number of hydrogen-bond acceptors (Lipinski definition) is 5. The number of phenolic OH excluding ortho intramolecular Hbond substituents is 1. The van der Waals surface area contributed by atoms with Gasteiger partial charge in [0.25, 0.3) is 0 Å². The third kappa shape index (κ3) is 3.17. The quantitative estimate of drug-likeness (QED) is 0.345. The topological polar surface area (TPSA) is 104 Å². The number of benzene rings is 3. The molecule has 4 aliphatic rings. The molecule has 6 unspecified atom stereocenters. The van der Waals surface area contributed by atoms with E-state index < -0.39 is 52.6 Å². The molecule has 9 heteroatoms. The lowest BCUT2D eigenvalue weighted by Gasteiger charge is -2.49. The number of rotatable bonds is 2. The van der Waals surface area contributed by atoms with E-state index in [9.17, 15) is 28.7 Å². The summed E-state index contributed by atoms with van der Waals surface area (Å²) < 4.78 is 14.0. The van der Waals surface area contributed by atoms with Crippen molar-refractivity contribution < 1.29 is 28.7 Å². The molecule has 0 spiro atoms. The number of carbonyl (C=O) groups excluding carboxylic acids is 4. The maximum Gasteiger partial charge on any atom is 0.241 e. The molecular weight excluding hydrogens is 535 g/mol. The summed E-state index contributed by atoms with van der Waals surface area (Å²) in [5.41, 5.74) is 0.516. The molecule has 2 N–H and O–H groups in total. The molecule has 4 amide bonds. The molecular formula is C31H24ClFN2O5. The number of imide groups is 2. The minimum atomic E-state index is -1.26. The maximum absolute atomic E-state index is 14.4. The Hall–Kier alpha value is -4.04. The van der Waals surface area contributed by atoms with E-state index in [1.807, 2.05) is 24.3 Å². The SMILES string of the molecule is CC12C(=O)N(c3ccc(F)c(Cl)c3)C(=O)C1CC1C(=CCC3C(=O)NC(=O)C31)C2c1ccc(O)c2ccccc12. The van der Waals surface area contributed by atoms with Crippen molar-refractivity contribution in [1.29, 1.82) is 0 Å². The van der Waals surface area contributed by atoms with Gasteiger partial charge in [-0.3, -0.25) is 24.5 Å². The standard InChI is InChI=1S/C31H24ClFN2O5/c1-31-21(29(39)35(30(31)40)14-6-10-23(33)22(32)12-14)13-20-18(7-8-19-25(20)28(38)34-27(19)37)26(31)17-9-11-24(36)16-5-3-2-4-15(16)17/h2-7,9-12,19-21,25-26,36H,8,13H2,1H3,(H,34,37,38). The molecule has 202 valence electrons. The van der Waals surface area contributed by atoms with Crippen LogP contribution in [-0.4, -0.2) is 28.7 Å². The Morgan fingerprint density at radius 3 is 2.50 bits per heavy atom. The lowest BCUT2D eigenvalue weighted by molar-refractivity contribution is -0.131. The van der Waals surface area contributed by atoms with Crippen molar-refractivity contribution in [3.63, 3.8) is 0 Å². The van der Waals surface area contributed by atoms with Gasteiger partial charge in [-0.25, -0.2) is 9.29 Å². The highest BCUT2D eigenvalue weighted by molar-refractivity contribution is 6.31. The first-order chi connectivity index (χ1) is 19.1. The second-order valence-corrected chi connectivity index (χ2v) is 11.7. The van der Waals surface area contributed by atoms with Crippen LogP contribution in [0.5, 0.6) is 5.75 Å². The summed E-state index contributed by atoms with van der Waals surface area (Å²) in [7, 11) is 0. The van der Waals surface area contributed by atoms with Crippen LogP contribution in [0.2, 0.25) is 5.02 Å². The van der Waals surface area contributed by atoms with Gasteiger partial charge in [0, 0.05) is 11.3 Å². The van der Waals surface area contributed by atoms with Gasteiger partial charge in [-0.05, 0) is 60.9 Å². The van der Waals surface area contributed by atoms with E-state index in [4.69, 9.17) is 11.6 Å². The highest BCUT2D eigenvalue weighted by Crippen LogP contribution is 2.64. The molecule has 7 rings (SSSR count). The molecule has 3 aromatic rings. The fraction of sp³-hybridized carbons (Fsp3) is 0.290. The van der Waals surface area contributed by atoms with E-state index in [-0.39, 0.29) is 34.7 Å². The lowest BCUT2D eigenvalue weighted by atomic mass is 9.51. The molecule has 7 nitrogen and oxygen atoms in total. The van der Waals surface area contributed by atoms with E-state index in [0.29, 0.717) is 11.8 Å². The number of nitrogens with zero attached hydrogens (tertiary/aromatic N) is 1. The van der Waals surface area contributed by atoms with Gasteiger partial charge in [-0.15, -0.1) is 0 Å². The second-order valence-electron chi connectivity index (χ2n) is 11.3. The Bertz CT molecular complexity index is 1720. The molecule has 3 fully saturated rings.